The van der Waals surface area contributed by atoms with Crippen molar-refractivity contribution in [3.05, 3.63) is 29.3 Å². The Bertz CT molecular complexity index is 462. The van der Waals surface area contributed by atoms with Gasteiger partial charge in [0, 0.05) is 38.3 Å². The molecule has 0 saturated carbocycles. The summed E-state index contributed by atoms with van der Waals surface area (Å²) in [6, 6.07) is -1.46. The fraction of sp³-hybridized carbons (Fsp3) is 0.500. The van der Waals surface area contributed by atoms with Gasteiger partial charge in [0.2, 0.25) is 0 Å². The van der Waals surface area contributed by atoms with Crippen molar-refractivity contribution < 1.29 is 27.1 Å². The van der Waals surface area contributed by atoms with E-state index in [0.29, 0.717) is 25.2 Å². The molecule has 0 spiro atoms. The third kappa shape index (κ3) is 3.01. The maximum Gasteiger partial charge on any atom is 0.408 e. The predicted octanol–water partition coefficient (Wildman–Crippen LogP) is 2.18. The molecule has 2 rings (SSSR count). The lowest BCUT2D eigenvalue weighted by Crippen LogP contribution is -2.49. The van der Waals surface area contributed by atoms with Gasteiger partial charge in [-0.15, -0.1) is 0 Å². The first-order chi connectivity index (χ1) is 9.30. The molecule has 3 nitrogen and oxygen atoms in total. The Labute approximate surface area is 112 Å². The van der Waals surface area contributed by atoms with E-state index in [1.807, 2.05) is 0 Å². The zero-order valence-electron chi connectivity index (χ0n) is 10.3. The Morgan fingerprint density at radius 2 is 1.75 bits per heavy atom. The Morgan fingerprint density at radius 3 is 2.25 bits per heavy atom. The Balaban J connectivity index is 2.46. The highest BCUT2D eigenvalue weighted by molar-refractivity contribution is 5.37. The number of hydrogen-bond acceptors (Lipinski definition) is 3. The van der Waals surface area contributed by atoms with Crippen LogP contribution in [-0.4, -0.2) is 42.4 Å². The molecule has 1 saturated heterocycles. The van der Waals surface area contributed by atoms with Gasteiger partial charge in [0.25, 0.3) is 0 Å². The summed E-state index contributed by atoms with van der Waals surface area (Å²) in [6.45, 7) is 0.771. The van der Waals surface area contributed by atoms with Crippen LogP contribution in [0.15, 0.2) is 12.1 Å². The molecule has 0 radical (unpaired) electrons. The first-order valence-corrected chi connectivity index (χ1v) is 6.00. The van der Waals surface area contributed by atoms with Crippen molar-refractivity contribution in [2.75, 3.05) is 26.2 Å². The van der Waals surface area contributed by atoms with Gasteiger partial charge in [0.1, 0.15) is 23.4 Å². The lowest BCUT2D eigenvalue weighted by Gasteiger charge is -2.36. The number of halogens is 5. The van der Waals surface area contributed by atoms with E-state index in [4.69, 9.17) is 0 Å². The van der Waals surface area contributed by atoms with E-state index in [9.17, 15) is 27.1 Å². The minimum atomic E-state index is -4.77. The summed E-state index contributed by atoms with van der Waals surface area (Å²) < 4.78 is 66.3. The molecule has 1 fully saturated rings. The van der Waals surface area contributed by atoms with E-state index in [-0.39, 0.29) is 13.1 Å². The number of aromatic hydroxyl groups is 1. The van der Waals surface area contributed by atoms with Gasteiger partial charge in [-0.3, -0.25) is 4.90 Å². The molecule has 0 bridgehead atoms. The summed E-state index contributed by atoms with van der Waals surface area (Å²) in [5.41, 5.74) is -0.930. The molecule has 0 unspecified atom stereocenters. The topological polar surface area (TPSA) is 35.5 Å². The van der Waals surface area contributed by atoms with Crippen LogP contribution >= 0.6 is 0 Å². The number of piperazine rings is 1. The average molecular weight is 296 g/mol. The fourth-order valence-electron chi connectivity index (χ4n) is 2.34. The summed E-state index contributed by atoms with van der Waals surface area (Å²) in [7, 11) is 0. The quantitative estimate of drug-likeness (QED) is 0.821. The highest BCUT2D eigenvalue weighted by Crippen LogP contribution is 2.42. The Morgan fingerprint density at radius 1 is 1.15 bits per heavy atom. The van der Waals surface area contributed by atoms with Gasteiger partial charge in [-0.25, -0.2) is 8.78 Å². The molecule has 20 heavy (non-hydrogen) atoms. The van der Waals surface area contributed by atoms with Crippen LogP contribution in [0.25, 0.3) is 0 Å². The summed E-state index contributed by atoms with van der Waals surface area (Å²) in [5, 5.41) is 12.4. The van der Waals surface area contributed by atoms with Crippen molar-refractivity contribution in [3.8, 4) is 5.75 Å². The molecule has 1 heterocycles. The summed E-state index contributed by atoms with van der Waals surface area (Å²) in [4.78, 5) is 1.02. The molecule has 1 aliphatic rings. The smallest absolute Gasteiger partial charge is 0.408 e. The number of phenols is 1. The second kappa shape index (κ2) is 5.53. The number of alkyl halides is 3. The van der Waals surface area contributed by atoms with Crippen molar-refractivity contribution in [2.45, 2.75) is 12.2 Å². The van der Waals surface area contributed by atoms with E-state index in [2.05, 4.69) is 5.32 Å². The predicted molar refractivity (Wildman–Crippen MR) is 61.3 cm³/mol. The monoisotopic (exact) mass is 296 g/mol. The minimum absolute atomic E-state index is 0.0560. The maximum absolute atomic E-state index is 13.7. The van der Waals surface area contributed by atoms with Gasteiger partial charge in [0.05, 0.1) is 5.56 Å². The summed E-state index contributed by atoms with van der Waals surface area (Å²) >= 11 is 0. The Hall–Kier alpha value is -1.41. The molecule has 0 aromatic heterocycles. The van der Waals surface area contributed by atoms with Crippen molar-refractivity contribution in [2.24, 2.45) is 0 Å². The molecular formula is C12H13F5N2O. The molecule has 8 heteroatoms. The van der Waals surface area contributed by atoms with Crippen molar-refractivity contribution in [3.63, 3.8) is 0 Å². The number of phenolic OH excluding ortho intramolecular Hbond substituents is 1. The van der Waals surface area contributed by atoms with Crippen LogP contribution in [0.1, 0.15) is 11.6 Å². The first-order valence-electron chi connectivity index (χ1n) is 6.00. The van der Waals surface area contributed by atoms with E-state index in [1.165, 1.54) is 0 Å². The molecule has 0 aliphatic carbocycles. The van der Waals surface area contributed by atoms with Crippen LogP contribution in [0.3, 0.4) is 0 Å². The molecule has 2 N–H and O–H groups in total. The van der Waals surface area contributed by atoms with E-state index >= 15 is 0 Å². The summed E-state index contributed by atoms with van der Waals surface area (Å²) in [5.74, 6) is -3.54. The maximum atomic E-state index is 13.7. The van der Waals surface area contributed by atoms with Gasteiger partial charge < -0.3 is 10.4 Å². The average Bonchev–Trinajstić information content (AvgIpc) is 2.33. The van der Waals surface area contributed by atoms with Crippen LogP contribution < -0.4 is 5.32 Å². The normalized spacial score (nSPS) is 19.1. The standard InChI is InChI=1S/C12H13F5N2O/c13-7-5-8(14)10(9(20)6-7)11(12(15,16)17)19-3-1-18-2-4-19/h5-6,11,18,20H,1-4H2/t11-/m0/s1. The van der Waals surface area contributed by atoms with Gasteiger partial charge in [-0.1, -0.05) is 0 Å². The SMILES string of the molecule is Oc1cc(F)cc(F)c1[C@H](N1CCNCC1)C(F)(F)F. The number of benzene rings is 1. The highest BCUT2D eigenvalue weighted by atomic mass is 19.4. The van der Waals surface area contributed by atoms with Crippen LogP contribution in [-0.2, 0) is 0 Å². The van der Waals surface area contributed by atoms with Crippen molar-refractivity contribution in [1.29, 1.82) is 0 Å². The van der Waals surface area contributed by atoms with Gasteiger partial charge >= 0.3 is 6.18 Å². The number of nitrogens with zero attached hydrogens (tertiary/aromatic N) is 1. The minimum Gasteiger partial charge on any atom is -0.507 e. The molecule has 1 aromatic carbocycles. The van der Waals surface area contributed by atoms with Crippen LogP contribution in [0.2, 0.25) is 0 Å². The van der Waals surface area contributed by atoms with Gasteiger partial charge in [-0.05, 0) is 0 Å². The zero-order valence-corrected chi connectivity index (χ0v) is 10.3. The number of hydrogen-bond donors (Lipinski definition) is 2. The molecule has 112 valence electrons. The zero-order chi connectivity index (χ0) is 14.9. The molecule has 1 aromatic rings. The summed E-state index contributed by atoms with van der Waals surface area (Å²) in [6.07, 6.45) is -4.77. The van der Waals surface area contributed by atoms with E-state index in [1.54, 1.807) is 0 Å². The third-order valence-corrected chi connectivity index (χ3v) is 3.17. The van der Waals surface area contributed by atoms with Crippen LogP contribution in [0.5, 0.6) is 5.75 Å². The highest BCUT2D eigenvalue weighted by Gasteiger charge is 2.47. The van der Waals surface area contributed by atoms with Crippen LogP contribution in [0, 0.1) is 11.6 Å². The largest absolute Gasteiger partial charge is 0.507 e. The Kier molecular flexibility index (Phi) is 4.14. The van der Waals surface area contributed by atoms with Crippen molar-refractivity contribution in [1.82, 2.24) is 10.2 Å². The number of rotatable bonds is 2. The van der Waals surface area contributed by atoms with Crippen LogP contribution in [0.4, 0.5) is 22.0 Å². The fourth-order valence-corrected chi connectivity index (χ4v) is 2.34. The molecule has 1 aliphatic heterocycles. The van der Waals surface area contributed by atoms with E-state index in [0.717, 1.165) is 4.90 Å². The molecule has 0 amide bonds. The lowest BCUT2D eigenvalue weighted by molar-refractivity contribution is -0.189. The van der Waals surface area contributed by atoms with Gasteiger partial charge in [-0.2, -0.15) is 13.2 Å². The second-order valence-electron chi connectivity index (χ2n) is 4.55. The van der Waals surface area contributed by atoms with Gasteiger partial charge in [0.15, 0.2) is 0 Å². The lowest BCUT2D eigenvalue weighted by atomic mass is 10.0. The van der Waals surface area contributed by atoms with E-state index < -0.39 is 35.2 Å². The van der Waals surface area contributed by atoms with Crippen molar-refractivity contribution >= 4 is 0 Å². The third-order valence-electron chi connectivity index (χ3n) is 3.17. The molecule has 1 atom stereocenters. The second-order valence-corrected chi connectivity index (χ2v) is 4.55. The first kappa shape index (κ1) is 15.0. The number of nitrogens with one attached hydrogen (secondary N) is 1. The molecular weight excluding hydrogens is 283 g/mol.